The molecule has 4 nitrogen and oxygen atoms in total. The van der Waals surface area contributed by atoms with Gasteiger partial charge >= 0.3 is 0 Å². The predicted octanol–water partition coefficient (Wildman–Crippen LogP) is 0.652. The maximum absolute atomic E-state index is 11.8. The van der Waals surface area contributed by atoms with Crippen LogP contribution in [0.1, 0.15) is 5.56 Å². The fourth-order valence-electron chi connectivity index (χ4n) is 1.26. The van der Waals surface area contributed by atoms with E-state index < -0.39 is 20.8 Å². The summed E-state index contributed by atoms with van der Waals surface area (Å²) in [5.74, 6) is 0.325. The summed E-state index contributed by atoms with van der Waals surface area (Å²) < 4.78 is 36.9. The summed E-state index contributed by atoms with van der Waals surface area (Å²) in [4.78, 5) is 0.275. The van der Waals surface area contributed by atoms with Gasteiger partial charge in [-0.25, -0.2) is 13.1 Å². The Kier molecular flexibility index (Phi) is 4.64. The van der Waals surface area contributed by atoms with E-state index in [1.165, 1.54) is 0 Å². The predicted molar refractivity (Wildman–Crippen MR) is 65.3 cm³/mol. The molecule has 0 saturated carbocycles. The number of hydrogen-bond acceptors (Lipinski definition) is 3. The highest BCUT2D eigenvalue weighted by Crippen LogP contribution is 2.13. The van der Waals surface area contributed by atoms with Gasteiger partial charge in [0.2, 0.25) is 10.0 Å². The van der Waals surface area contributed by atoms with Crippen molar-refractivity contribution in [1.29, 1.82) is 0 Å². The molecule has 0 bridgehead atoms. The van der Waals surface area contributed by atoms with Gasteiger partial charge in [-0.1, -0.05) is 18.2 Å². The van der Waals surface area contributed by atoms with Crippen LogP contribution in [0.4, 0.5) is 0 Å². The van der Waals surface area contributed by atoms with E-state index in [4.69, 9.17) is 0 Å². The fourth-order valence-corrected chi connectivity index (χ4v) is 3.05. The van der Waals surface area contributed by atoms with Gasteiger partial charge in [-0.3, -0.25) is 4.21 Å². The van der Waals surface area contributed by atoms with Gasteiger partial charge in [0.25, 0.3) is 0 Å². The minimum Gasteiger partial charge on any atom is -0.260 e. The highest BCUT2D eigenvalue weighted by Gasteiger charge is 2.15. The smallest absolute Gasteiger partial charge is 0.240 e. The molecule has 1 N–H and O–H groups in total. The number of nitrogens with one attached hydrogen (secondary N) is 1. The first-order valence-electron chi connectivity index (χ1n) is 4.79. The second-order valence-electron chi connectivity index (χ2n) is 3.44. The molecule has 0 aliphatic heterocycles. The quantitative estimate of drug-likeness (QED) is 0.846. The number of aryl methyl sites for hydroxylation is 1. The summed E-state index contributed by atoms with van der Waals surface area (Å²) in [6.07, 6.45) is 1.54. The number of sulfonamides is 1. The number of hydrogen-bond donors (Lipinski definition) is 1. The van der Waals surface area contributed by atoms with Gasteiger partial charge in [-0.05, 0) is 18.6 Å². The standard InChI is InChI=1S/C10H15NO3S2/c1-9-5-3-4-6-10(9)16(13,14)11-7-8-15(2)12/h3-6,11H,7-8H2,1-2H3. The molecule has 0 radical (unpaired) electrons. The van der Waals surface area contributed by atoms with Crippen LogP contribution < -0.4 is 4.72 Å². The van der Waals surface area contributed by atoms with E-state index in [0.29, 0.717) is 11.3 Å². The zero-order valence-corrected chi connectivity index (χ0v) is 10.9. The van der Waals surface area contributed by atoms with Gasteiger partial charge < -0.3 is 0 Å². The Balaban J connectivity index is 2.79. The van der Waals surface area contributed by atoms with Crippen molar-refractivity contribution in [2.45, 2.75) is 11.8 Å². The normalized spacial score (nSPS) is 13.6. The van der Waals surface area contributed by atoms with Crippen LogP contribution in [0.15, 0.2) is 29.2 Å². The third-order valence-corrected chi connectivity index (χ3v) is 4.47. The molecule has 0 heterocycles. The first-order valence-corrected chi connectivity index (χ1v) is 8.00. The van der Waals surface area contributed by atoms with Gasteiger partial charge in [-0.15, -0.1) is 0 Å². The number of rotatable bonds is 5. The van der Waals surface area contributed by atoms with Gasteiger partial charge in [0.1, 0.15) is 0 Å². The molecule has 0 amide bonds. The van der Waals surface area contributed by atoms with Crippen LogP contribution in [0.5, 0.6) is 0 Å². The Bertz CT molecular complexity index is 483. The Morgan fingerprint density at radius 1 is 1.31 bits per heavy atom. The summed E-state index contributed by atoms with van der Waals surface area (Å²) in [6.45, 7) is 1.94. The summed E-state index contributed by atoms with van der Waals surface area (Å²) in [5.41, 5.74) is 0.702. The van der Waals surface area contributed by atoms with Gasteiger partial charge in [-0.2, -0.15) is 0 Å². The van der Waals surface area contributed by atoms with Crippen molar-refractivity contribution in [1.82, 2.24) is 4.72 Å². The maximum Gasteiger partial charge on any atom is 0.240 e. The van der Waals surface area contributed by atoms with E-state index in [2.05, 4.69) is 4.72 Å². The van der Waals surface area contributed by atoms with Crippen molar-refractivity contribution in [3.63, 3.8) is 0 Å². The topological polar surface area (TPSA) is 63.2 Å². The average molecular weight is 261 g/mol. The lowest BCUT2D eigenvalue weighted by atomic mass is 10.2. The molecule has 1 aromatic carbocycles. The second-order valence-corrected chi connectivity index (χ2v) is 6.73. The highest BCUT2D eigenvalue weighted by molar-refractivity contribution is 7.89. The van der Waals surface area contributed by atoms with Crippen LogP contribution in [-0.2, 0) is 20.8 Å². The van der Waals surface area contributed by atoms with Crippen LogP contribution in [0.25, 0.3) is 0 Å². The zero-order valence-electron chi connectivity index (χ0n) is 9.26. The van der Waals surface area contributed by atoms with Crippen molar-refractivity contribution in [3.05, 3.63) is 29.8 Å². The van der Waals surface area contributed by atoms with Crippen LogP contribution in [-0.4, -0.2) is 31.2 Å². The molecule has 16 heavy (non-hydrogen) atoms. The molecule has 1 atom stereocenters. The molecular weight excluding hydrogens is 246 g/mol. The lowest BCUT2D eigenvalue weighted by Gasteiger charge is -2.08. The molecule has 1 unspecified atom stereocenters. The summed E-state index contributed by atoms with van der Waals surface area (Å²) in [5, 5.41) is 0. The van der Waals surface area contributed by atoms with Gasteiger partial charge in [0, 0.05) is 29.4 Å². The van der Waals surface area contributed by atoms with Crippen molar-refractivity contribution < 1.29 is 12.6 Å². The second kappa shape index (κ2) is 5.56. The van der Waals surface area contributed by atoms with E-state index in [1.54, 1.807) is 37.4 Å². The first kappa shape index (κ1) is 13.3. The van der Waals surface area contributed by atoms with E-state index in [0.717, 1.165) is 0 Å². The van der Waals surface area contributed by atoms with Crippen LogP contribution in [0, 0.1) is 6.92 Å². The van der Waals surface area contributed by atoms with Crippen molar-refractivity contribution in [2.75, 3.05) is 18.6 Å². The molecule has 1 aromatic rings. The van der Waals surface area contributed by atoms with Crippen LogP contribution in [0.2, 0.25) is 0 Å². The van der Waals surface area contributed by atoms with Crippen LogP contribution >= 0.6 is 0 Å². The zero-order chi connectivity index (χ0) is 12.2. The monoisotopic (exact) mass is 261 g/mol. The molecule has 0 saturated heterocycles. The third-order valence-electron chi connectivity index (χ3n) is 2.06. The molecule has 6 heteroatoms. The Morgan fingerprint density at radius 3 is 2.50 bits per heavy atom. The van der Waals surface area contributed by atoms with Crippen molar-refractivity contribution in [2.24, 2.45) is 0 Å². The number of benzene rings is 1. The average Bonchev–Trinajstić information content (AvgIpc) is 2.17. The van der Waals surface area contributed by atoms with Gasteiger partial charge in [0.15, 0.2) is 0 Å². The Labute approximate surface area is 98.6 Å². The Morgan fingerprint density at radius 2 is 1.94 bits per heavy atom. The maximum atomic E-state index is 11.8. The summed E-state index contributed by atoms with van der Waals surface area (Å²) in [7, 11) is -4.46. The molecule has 0 fully saturated rings. The molecule has 0 aromatic heterocycles. The van der Waals surface area contributed by atoms with E-state index in [-0.39, 0.29) is 11.4 Å². The lowest BCUT2D eigenvalue weighted by Crippen LogP contribution is -2.28. The van der Waals surface area contributed by atoms with E-state index >= 15 is 0 Å². The minimum absolute atomic E-state index is 0.194. The van der Waals surface area contributed by atoms with E-state index in [9.17, 15) is 12.6 Å². The third kappa shape index (κ3) is 3.70. The van der Waals surface area contributed by atoms with E-state index in [1.807, 2.05) is 0 Å². The summed E-state index contributed by atoms with van der Waals surface area (Å²) in [6, 6.07) is 6.77. The summed E-state index contributed by atoms with van der Waals surface area (Å²) >= 11 is 0. The molecule has 90 valence electrons. The molecule has 0 aliphatic carbocycles. The Hall–Kier alpha value is -0.720. The molecule has 0 spiro atoms. The first-order chi connectivity index (χ1) is 7.43. The fraction of sp³-hybridized carbons (Fsp3) is 0.400. The highest BCUT2D eigenvalue weighted by atomic mass is 32.2. The minimum atomic E-state index is -3.47. The molecule has 0 aliphatic rings. The SMILES string of the molecule is Cc1ccccc1S(=O)(=O)NCCS(C)=O. The lowest BCUT2D eigenvalue weighted by molar-refractivity contribution is 0.583. The molecular formula is C10H15NO3S2. The van der Waals surface area contributed by atoms with Crippen molar-refractivity contribution >= 4 is 20.8 Å². The molecule has 1 rings (SSSR count). The van der Waals surface area contributed by atoms with Crippen LogP contribution in [0.3, 0.4) is 0 Å². The van der Waals surface area contributed by atoms with Crippen molar-refractivity contribution in [3.8, 4) is 0 Å². The van der Waals surface area contributed by atoms with Gasteiger partial charge in [0.05, 0.1) is 4.90 Å². The largest absolute Gasteiger partial charge is 0.260 e.